The molecule has 0 aliphatic rings. The Morgan fingerprint density at radius 2 is 0.971 bits per heavy atom. The standard InChI is InChI=1S/C24H36N2O7Si2/c1-34(2,19-7-5-17-31-23-13-9-21(10-14-23)25(27)28)33-35(3,4)20-8-6-18-32-24-15-11-22(12-16-24)26(29)30/h9-16H,5-8,17-20H2,1-4H3. The third-order valence-electron chi connectivity index (χ3n) is 5.53. The summed E-state index contributed by atoms with van der Waals surface area (Å²) >= 11 is 0. The largest absolute Gasteiger partial charge is 0.494 e. The van der Waals surface area contributed by atoms with Gasteiger partial charge in [-0.25, -0.2) is 0 Å². The van der Waals surface area contributed by atoms with E-state index in [0.29, 0.717) is 24.7 Å². The van der Waals surface area contributed by atoms with Gasteiger partial charge in [-0.2, -0.15) is 0 Å². The number of unbranched alkanes of at least 4 members (excludes halogenated alkanes) is 2. The van der Waals surface area contributed by atoms with Gasteiger partial charge in [-0.15, -0.1) is 0 Å². The SMILES string of the molecule is C[Si](C)(CCCCOc1ccc([N+](=O)[O-])cc1)O[Si](C)(C)CCCCOc1ccc([N+](=O)[O-])cc1. The lowest BCUT2D eigenvalue weighted by molar-refractivity contribution is -0.385. The van der Waals surface area contributed by atoms with Crippen LogP contribution in [-0.4, -0.2) is 39.7 Å². The van der Waals surface area contributed by atoms with Crippen molar-refractivity contribution in [2.24, 2.45) is 0 Å². The van der Waals surface area contributed by atoms with Crippen molar-refractivity contribution in [2.45, 2.75) is 64.0 Å². The predicted molar refractivity (Wildman–Crippen MR) is 141 cm³/mol. The first-order valence-corrected chi connectivity index (χ1v) is 18.2. The minimum atomic E-state index is -1.78. The normalized spacial score (nSPS) is 11.8. The molecule has 0 aliphatic carbocycles. The Bertz CT molecular complexity index is 874. The molecule has 0 amide bonds. The van der Waals surface area contributed by atoms with Crippen molar-refractivity contribution in [3.63, 3.8) is 0 Å². The molecule has 0 N–H and O–H groups in total. The van der Waals surface area contributed by atoms with Crippen molar-refractivity contribution in [3.8, 4) is 11.5 Å². The Morgan fingerprint density at radius 1 is 0.629 bits per heavy atom. The number of nitrogens with zero attached hydrogens (tertiary/aromatic N) is 2. The fourth-order valence-corrected chi connectivity index (χ4v) is 12.9. The molecule has 9 nitrogen and oxygen atoms in total. The third kappa shape index (κ3) is 11.0. The highest BCUT2D eigenvalue weighted by Crippen LogP contribution is 2.25. The lowest BCUT2D eigenvalue weighted by atomic mass is 10.3. The lowest BCUT2D eigenvalue weighted by Gasteiger charge is -2.34. The number of non-ortho nitro benzene ring substituents is 2. The van der Waals surface area contributed by atoms with Crippen LogP contribution in [0.15, 0.2) is 48.5 Å². The molecule has 0 radical (unpaired) electrons. The highest BCUT2D eigenvalue weighted by molar-refractivity contribution is 6.84. The van der Waals surface area contributed by atoms with E-state index in [0.717, 1.165) is 37.8 Å². The van der Waals surface area contributed by atoms with Crippen molar-refractivity contribution < 1.29 is 23.4 Å². The number of nitro benzene ring substituents is 2. The molecule has 0 unspecified atom stereocenters. The number of ether oxygens (including phenoxy) is 2. The summed E-state index contributed by atoms with van der Waals surface area (Å²) in [5.41, 5.74) is 0.122. The molecule has 11 heteroatoms. The second kappa shape index (κ2) is 13.4. The molecule has 192 valence electrons. The maximum atomic E-state index is 10.7. The first-order valence-electron chi connectivity index (χ1n) is 11.9. The Labute approximate surface area is 209 Å². The van der Waals surface area contributed by atoms with Crippen LogP contribution in [0.5, 0.6) is 11.5 Å². The summed E-state index contributed by atoms with van der Waals surface area (Å²) in [7, 11) is -3.56. The summed E-state index contributed by atoms with van der Waals surface area (Å²) in [5, 5.41) is 21.4. The minimum absolute atomic E-state index is 0.0612. The Hall–Kier alpha value is -2.77. The van der Waals surface area contributed by atoms with Crippen LogP contribution in [0.3, 0.4) is 0 Å². The summed E-state index contributed by atoms with van der Waals surface area (Å²) < 4.78 is 18.1. The molecule has 0 aromatic heterocycles. The summed E-state index contributed by atoms with van der Waals surface area (Å²) in [6.07, 6.45) is 3.89. The van der Waals surface area contributed by atoms with Gasteiger partial charge in [-0.05, 0) is 75.4 Å². The van der Waals surface area contributed by atoms with E-state index in [1.807, 2.05) is 0 Å². The molecular formula is C24H36N2O7Si2. The van der Waals surface area contributed by atoms with Gasteiger partial charge < -0.3 is 13.6 Å². The van der Waals surface area contributed by atoms with Crippen molar-refractivity contribution in [2.75, 3.05) is 13.2 Å². The predicted octanol–water partition coefficient (Wildman–Crippen LogP) is 6.95. The van der Waals surface area contributed by atoms with E-state index in [1.165, 1.54) is 24.3 Å². The summed E-state index contributed by atoms with van der Waals surface area (Å²) in [5.74, 6) is 1.30. The highest BCUT2D eigenvalue weighted by atomic mass is 28.4. The smallest absolute Gasteiger partial charge is 0.269 e. The molecule has 2 aromatic carbocycles. The maximum Gasteiger partial charge on any atom is 0.269 e. The van der Waals surface area contributed by atoms with Gasteiger partial charge in [0.1, 0.15) is 11.5 Å². The first-order chi connectivity index (χ1) is 16.5. The van der Waals surface area contributed by atoms with Crippen molar-refractivity contribution in [1.82, 2.24) is 0 Å². The van der Waals surface area contributed by atoms with Crippen LogP contribution in [0, 0.1) is 20.2 Å². The van der Waals surface area contributed by atoms with Crippen LogP contribution in [0.4, 0.5) is 11.4 Å². The third-order valence-corrected chi connectivity index (χ3v) is 13.1. The second-order valence-corrected chi connectivity index (χ2v) is 18.6. The zero-order chi connectivity index (χ0) is 25.9. The number of benzene rings is 2. The van der Waals surface area contributed by atoms with Crippen LogP contribution in [0.1, 0.15) is 25.7 Å². The maximum absolute atomic E-state index is 10.7. The molecule has 0 aliphatic heterocycles. The van der Waals surface area contributed by atoms with Crippen LogP contribution in [-0.2, 0) is 4.12 Å². The molecule has 0 atom stereocenters. The molecule has 0 spiro atoms. The van der Waals surface area contributed by atoms with Crippen molar-refractivity contribution >= 4 is 28.0 Å². The quantitative estimate of drug-likeness (QED) is 0.102. The molecule has 2 aromatic rings. The van der Waals surface area contributed by atoms with Crippen LogP contribution in [0.25, 0.3) is 0 Å². The van der Waals surface area contributed by atoms with Gasteiger partial charge in [0, 0.05) is 24.3 Å². The molecule has 0 saturated carbocycles. The van der Waals surface area contributed by atoms with Gasteiger partial charge in [0.2, 0.25) is 0 Å². The molecule has 0 heterocycles. The van der Waals surface area contributed by atoms with Gasteiger partial charge in [0.15, 0.2) is 16.6 Å². The zero-order valence-corrected chi connectivity index (χ0v) is 23.0. The Balaban J connectivity index is 1.60. The average molecular weight is 521 g/mol. The van der Waals surface area contributed by atoms with E-state index < -0.39 is 26.5 Å². The van der Waals surface area contributed by atoms with Gasteiger partial charge in [0.05, 0.1) is 23.1 Å². The van der Waals surface area contributed by atoms with E-state index >= 15 is 0 Å². The Morgan fingerprint density at radius 3 is 1.29 bits per heavy atom. The summed E-state index contributed by atoms with van der Waals surface area (Å²) in [6, 6.07) is 14.5. The zero-order valence-electron chi connectivity index (χ0n) is 21.0. The van der Waals surface area contributed by atoms with E-state index in [2.05, 4.69) is 26.2 Å². The minimum Gasteiger partial charge on any atom is -0.494 e. The molecular weight excluding hydrogens is 484 g/mol. The van der Waals surface area contributed by atoms with Gasteiger partial charge >= 0.3 is 0 Å². The van der Waals surface area contributed by atoms with Crippen LogP contribution in [0.2, 0.25) is 38.3 Å². The fourth-order valence-electron chi connectivity index (χ4n) is 3.86. The van der Waals surface area contributed by atoms with Crippen LogP contribution >= 0.6 is 0 Å². The monoisotopic (exact) mass is 520 g/mol. The lowest BCUT2D eigenvalue weighted by Crippen LogP contribution is -2.44. The molecule has 2 rings (SSSR count). The van der Waals surface area contributed by atoms with Gasteiger partial charge in [-0.1, -0.05) is 12.8 Å². The summed E-state index contributed by atoms with van der Waals surface area (Å²) in [4.78, 5) is 20.6. The number of nitro groups is 2. The van der Waals surface area contributed by atoms with Crippen molar-refractivity contribution in [3.05, 3.63) is 68.8 Å². The van der Waals surface area contributed by atoms with Gasteiger partial charge in [0.25, 0.3) is 11.4 Å². The Kier molecular flexibility index (Phi) is 10.9. The molecule has 0 bridgehead atoms. The topological polar surface area (TPSA) is 114 Å². The van der Waals surface area contributed by atoms with E-state index in [1.54, 1.807) is 24.3 Å². The van der Waals surface area contributed by atoms with Gasteiger partial charge in [-0.3, -0.25) is 20.2 Å². The fraction of sp³-hybridized carbons (Fsp3) is 0.500. The molecule has 35 heavy (non-hydrogen) atoms. The molecule has 0 saturated heterocycles. The van der Waals surface area contributed by atoms with E-state index in [-0.39, 0.29) is 11.4 Å². The van der Waals surface area contributed by atoms with Crippen LogP contribution < -0.4 is 9.47 Å². The van der Waals surface area contributed by atoms with Crippen molar-refractivity contribution in [1.29, 1.82) is 0 Å². The number of hydrogen-bond acceptors (Lipinski definition) is 7. The number of rotatable bonds is 16. The number of hydrogen-bond donors (Lipinski definition) is 0. The van der Waals surface area contributed by atoms with E-state index in [9.17, 15) is 20.2 Å². The van der Waals surface area contributed by atoms with E-state index in [4.69, 9.17) is 13.6 Å². The molecule has 0 fully saturated rings. The second-order valence-electron chi connectivity index (χ2n) is 9.73. The summed E-state index contributed by atoms with van der Waals surface area (Å²) in [6.45, 7) is 10.3. The average Bonchev–Trinajstić information content (AvgIpc) is 2.78. The highest BCUT2D eigenvalue weighted by Gasteiger charge is 2.32. The first kappa shape index (κ1) is 28.5.